The summed E-state index contributed by atoms with van der Waals surface area (Å²) in [5.41, 5.74) is 2.41. The molecule has 0 fully saturated rings. The fraction of sp³-hybridized carbons (Fsp3) is 0.471. The number of aliphatic imine (C=N–C) groups is 1. The van der Waals surface area contributed by atoms with Gasteiger partial charge in [-0.1, -0.05) is 22.9 Å². The molecule has 1 heterocycles. The van der Waals surface area contributed by atoms with Gasteiger partial charge in [0, 0.05) is 26.6 Å². The van der Waals surface area contributed by atoms with E-state index >= 15 is 0 Å². The second-order valence-corrected chi connectivity index (χ2v) is 5.48. The molecule has 0 aliphatic carbocycles. The van der Waals surface area contributed by atoms with Crippen molar-refractivity contribution in [1.29, 1.82) is 0 Å². The predicted molar refractivity (Wildman–Crippen MR) is 109 cm³/mol. The fourth-order valence-corrected chi connectivity index (χ4v) is 2.37. The maximum atomic E-state index is 5.40. The number of aryl methyl sites for hydroxylation is 2. The van der Waals surface area contributed by atoms with Crippen LogP contribution in [0.5, 0.6) is 5.75 Å². The van der Waals surface area contributed by atoms with Crippen molar-refractivity contribution in [3.8, 4) is 5.75 Å². The summed E-state index contributed by atoms with van der Waals surface area (Å²) in [4.78, 5) is 8.38. The Balaban J connectivity index is 0.00000312. The van der Waals surface area contributed by atoms with E-state index in [4.69, 9.17) is 9.26 Å². The molecule has 1 aromatic heterocycles. The van der Waals surface area contributed by atoms with Crippen LogP contribution in [0.2, 0.25) is 0 Å². The van der Waals surface area contributed by atoms with Gasteiger partial charge in [-0.05, 0) is 31.9 Å². The summed E-state index contributed by atoms with van der Waals surface area (Å²) >= 11 is 0. The van der Waals surface area contributed by atoms with Crippen molar-refractivity contribution in [3.63, 3.8) is 0 Å². The Morgan fingerprint density at radius 3 is 2.52 bits per heavy atom. The summed E-state index contributed by atoms with van der Waals surface area (Å²) in [6.45, 7) is 5.32. The van der Waals surface area contributed by atoms with Crippen LogP contribution >= 0.6 is 24.0 Å². The van der Waals surface area contributed by atoms with Gasteiger partial charge in [-0.25, -0.2) is 0 Å². The van der Waals surface area contributed by atoms with Gasteiger partial charge >= 0.3 is 0 Å². The molecule has 0 saturated carbocycles. The normalized spacial score (nSPS) is 11.0. The second kappa shape index (κ2) is 10.9. The predicted octanol–water partition coefficient (Wildman–Crippen LogP) is 2.26. The van der Waals surface area contributed by atoms with E-state index in [0.717, 1.165) is 24.7 Å². The maximum Gasteiger partial charge on any atom is 0.228 e. The number of aromatic nitrogens is 2. The van der Waals surface area contributed by atoms with Gasteiger partial charge < -0.3 is 19.9 Å². The van der Waals surface area contributed by atoms with Crippen LogP contribution in [-0.4, -0.2) is 43.3 Å². The molecule has 0 bridgehead atoms. The van der Waals surface area contributed by atoms with Crippen LogP contribution < -0.4 is 15.4 Å². The molecule has 138 valence electrons. The fourth-order valence-electron chi connectivity index (χ4n) is 2.37. The number of rotatable bonds is 7. The van der Waals surface area contributed by atoms with E-state index in [2.05, 4.69) is 44.8 Å². The molecule has 0 aliphatic rings. The van der Waals surface area contributed by atoms with Crippen LogP contribution in [0, 0.1) is 13.8 Å². The summed E-state index contributed by atoms with van der Waals surface area (Å²) in [5, 5.41) is 10.3. The molecule has 0 unspecified atom stereocenters. The first-order chi connectivity index (χ1) is 11.6. The molecule has 2 aromatic rings. The number of nitrogens with zero attached hydrogens (tertiary/aromatic N) is 3. The number of hydrogen-bond donors (Lipinski definition) is 2. The van der Waals surface area contributed by atoms with Crippen LogP contribution in [0.25, 0.3) is 0 Å². The average Bonchev–Trinajstić information content (AvgIpc) is 2.99. The molecule has 2 N–H and O–H groups in total. The standard InChI is InChI=1S/C17H25N5O2.HI/c1-12-5-6-15(23-4)14(11-12)7-9-19-17(18-3)20-10-8-16-21-13(2)22-24-16;/h5-6,11H,7-10H2,1-4H3,(H2,18,19,20);1H. The van der Waals surface area contributed by atoms with Crippen molar-refractivity contribution >= 4 is 29.9 Å². The van der Waals surface area contributed by atoms with Crippen LogP contribution in [0.15, 0.2) is 27.7 Å². The van der Waals surface area contributed by atoms with Gasteiger partial charge in [-0.2, -0.15) is 4.98 Å². The van der Waals surface area contributed by atoms with E-state index in [0.29, 0.717) is 24.7 Å². The Labute approximate surface area is 165 Å². The van der Waals surface area contributed by atoms with Crippen molar-refractivity contribution in [2.24, 2.45) is 4.99 Å². The molecular weight excluding hydrogens is 433 g/mol. The minimum absolute atomic E-state index is 0. The molecular formula is C17H26IN5O2. The van der Waals surface area contributed by atoms with Crippen molar-refractivity contribution in [2.45, 2.75) is 26.7 Å². The zero-order valence-corrected chi connectivity index (χ0v) is 17.5. The Bertz CT molecular complexity index is 687. The van der Waals surface area contributed by atoms with Gasteiger partial charge in [0.05, 0.1) is 7.11 Å². The summed E-state index contributed by atoms with van der Waals surface area (Å²) in [5.74, 6) is 2.94. The average molecular weight is 459 g/mol. The number of hydrogen-bond acceptors (Lipinski definition) is 5. The third-order valence-corrected chi connectivity index (χ3v) is 3.55. The first kappa shape index (κ1) is 21.2. The van der Waals surface area contributed by atoms with E-state index in [1.807, 2.05) is 6.07 Å². The third-order valence-electron chi connectivity index (χ3n) is 3.55. The molecule has 0 radical (unpaired) electrons. The lowest BCUT2D eigenvalue weighted by molar-refractivity contribution is 0.374. The number of halogens is 1. The highest BCUT2D eigenvalue weighted by Crippen LogP contribution is 2.19. The van der Waals surface area contributed by atoms with Gasteiger partial charge in [0.1, 0.15) is 5.75 Å². The lowest BCUT2D eigenvalue weighted by Crippen LogP contribution is -2.39. The highest BCUT2D eigenvalue weighted by Gasteiger charge is 2.05. The summed E-state index contributed by atoms with van der Waals surface area (Å²) < 4.78 is 10.5. The lowest BCUT2D eigenvalue weighted by Gasteiger charge is -2.13. The number of nitrogens with one attached hydrogen (secondary N) is 2. The van der Waals surface area contributed by atoms with Crippen molar-refractivity contribution < 1.29 is 9.26 Å². The molecule has 1 aromatic carbocycles. The second-order valence-electron chi connectivity index (χ2n) is 5.48. The Morgan fingerprint density at radius 2 is 1.92 bits per heavy atom. The van der Waals surface area contributed by atoms with Gasteiger partial charge in [-0.3, -0.25) is 4.99 Å². The maximum absolute atomic E-state index is 5.40. The Hall–Kier alpha value is -1.84. The number of methoxy groups -OCH3 is 1. The summed E-state index contributed by atoms with van der Waals surface area (Å²) in [6.07, 6.45) is 1.52. The molecule has 0 aliphatic heterocycles. The van der Waals surface area contributed by atoms with Gasteiger partial charge in [0.2, 0.25) is 5.89 Å². The van der Waals surface area contributed by atoms with Crippen LogP contribution in [0.3, 0.4) is 0 Å². The smallest absolute Gasteiger partial charge is 0.228 e. The van der Waals surface area contributed by atoms with E-state index in [1.165, 1.54) is 11.1 Å². The zero-order valence-electron chi connectivity index (χ0n) is 15.1. The Kier molecular flexibility index (Phi) is 9.25. The molecule has 7 nitrogen and oxygen atoms in total. The summed E-state index contributed by atoms with van der Waals surface area (Å²) in [6, 6.07) is 6.20. The minimum Gasteiger partial charge on any atom is -0.496 e. The largest absolute Gasteiger partial charge is 0.496 e. The van der Waals surface area contributed by atoms with E-state index in [1.54, 1.807) is 21.1 Å². The zero-order chi connectivity index (χ0) is 17.4. The highest BCUT2D eigenvalue weighted by molar-refractivity contribution is 14.0. The quantitative estimate of drug-likeness (QED) is 0.376. The molecule has 2 rings (SSSR count). The van der Waals surface area contributed by atoms with Crippen LogP contribution in [-0.2, 0) is 12.8 Å². The SMILES string of the molecule is CN=C(NCCc1nc(C)no1)NCCc1cc(C)ccc1OC.I. The van der Waals surface area contributed by atoms with Crippen molar-refractivity contribution in [3.05, 3.63) is 41.0 Å². The van der Waals surface area contributed by atoms with Gasteiger partial charge in [0.15, 0.2) is 11.8 Å². The molecule has 8 heteroatoms. The number of guanidine groups is 1. The molecule has 0 saturated heterocycles. The third kappa shape index (κ3) is 6.89. The van der Waals surface area contributed by atoms with Crippen molar-refractivity contribution in [2.75, 3.05) is 27.2 Å². The minimum atomic E-state index is 0. The summed E-state index contributed by atoms with van der Waals surface area (Å²) in [7, 11) is 3.45. The van der Waals surface area contributed by atoms with Gasteiger partial charge in [-0.15, -0.1) is 24.0 Å². The first-order valence-corrected chi connectivity index (χ1v) is 7.99. The molecule has 0 amide bonds. The molecule has 0 spiro atoms. The van der Waals surface area contributed by atoms with E-state index in [9.17, 15) is 0 Å². The van der Waals surface area contributed by atoms with Crippen LogP contribution in [0.1, 0.15) is 22.8 Å². The lowest BCUT2D eigenvalue weighted by atomic mass is 10.1. The van der Waals surface area contributed by atoms with Gasteiger partial charge in [0.25, 0.3) is 0 Å². The monoisotopic (exact) mass is 459 g/mol. The van der Waals surface area contributed by atoms with E-state index in [-0.39, 0.29) is 24.0 Å². The molecule has 25 heavy (non-hydrogen) atoms. The van der Waals surface area contributed by atoms with Crippen molar-refractivity contribution in [1.82, 2.24) is 20.8 Å². The Morgan fingerprint density at radius 1 is 1.20 bits per heavy atom. The topological polar surface area (TPSA) is 84.6 Å². The number of benzene rings is 1. The van der Waals surface area contributed by atoms with Crippen LogP contribution in [0.4, 0.5) is 0 Å². The number of ether oxygens (including phenoxy) is 1. The molecule has 0 atom stereocenters. The first-order valence-electron chi connectivity index (χ1n) is 7.99. The highest BCUT2D eigenvalue weighted by atomic mass is 127. The van der Waals surface area contributed by atoms with E-state index < -0.39 is 0 Å².